The number of hydrogen-bond donors (Lipinski definition) is 1. The number of aromatic nitrogens is 4. The molecule has 0 radical (unpaired) electrons. The van der Waals surface area contributed by atoms with E-state index in [9.17, 15) is 0 Å². The molecule has 6 aromatic rings. The molecule has 246 valence electrons. The number of benzene rings is 4. The average molecular weight is 771 g/mol. The van der Waals surface area contributed by atoms with Crippen LogP contribution in [0.4, 0.5) is 0 Å². The van der Waals surface area contributed by atoms with Gasteiger partial charge in [-0.05, 0) is 79.1 Å². The van der Waals surface area contributed by atoms with Crippen LogP contribution in [0.2, 0.25) is 0 Å². The smallest absolute Gasteiger partial charge is 0.181 e. The van der Waals surface area contributed by atoms with Crippen LogP contribution in [0.15, 0.2) is 111 Å². The van der Waals surface area contributed by atoms with E-state index in [0.29, 0.717) is 0 Å². The Hall–Kier alpha value is -4.54. The maximum absolute atomic E-state index is 8.51. The quantitative estimate of drug-likeness (QED) is 0.110. The Balaban J connectivity index is 0.000000159. The Bertz CT molecular complexity index is 2180. The molecule has 0 aliphatic carbocycles. The number of nitrogens with zero attached hydrogens (tertiary/aromatic N) is 6. The van der Waals surface area contributed by atoms with E-state index in [1.165, 1.54) is 17.0 Å². The second-order valence-electron chi connectivity index (χ2n) is 12.0. The molecule has 48 heavy (non-hydrogen) atoms. The summed E-state index contributed by atoms with van der Waals surface area (Å²) in [4.78, 5) is 5.88. The van der Waals surface area contributed by atoms with Crippen LogP contribution in [-0.2, 0) is 24.5 Å². The van der Waals surface area contributed by atoms with Gasteiger partial charge in [0.1, 0.15) is 0 Å². The Morgan fingerprint density at radius 2 is 1.42 bits per heavy atom. The first kappa shape index (κ1) is 34.8. The number of rotatable bonds is 4. The van der Waals surface area contributed by atoms with Gasteiger partial charge in [0, 0.05) is 40.6 Å². The van der Waals surface area contributed by atoms with Crippen LogP contribution in [0.1, 0.15) is 54.2 Å². The van der Waals surface area contributed by atoms with Gasteiger partial charge in [0.2, 0.25) is 0 Å². The third-order valence-electron chi connectivity index (χ3n) is 8.13. The summed E-state index contributed by atoms with van der Waals surface area (Å²) >= 11 is 7.10. The predicted octanol–water partition coefficient (Wildman–Crippen LogP) is 9.86. The Kier molecular flexibility index (Phi) is 10.7. The monoisotopic (exact) mass is 768 g/mol. The van der Waals surface area contributed by atoms with Gasteiger partial charge in [-0.2, -0.15) is 10.2 Å². The molecule has 3 heterocycles. The zero-order chi connectivity index (χ0) is 34.6. The van der Waals surface area contributed by atoms with E-state index in [1.807, 2.05) is 92.8 Å². The van der Waals surface area contributed by atoms with Crippen LogP contribution in [0.5, 0.6) is 0 Å². The molecule has 2 aromatic heterocycles. The topological polar surface area (TPSA) is 89.8 Å². The molecule has 10 heteroatoms. The highest BCUT2D eigenvalue weighted by atomic mass is 79.9. The lowest BCUT2D eigenvalue weighted by Gasteiger charge is -2.21. The van der Waals surface area contributed by atoms with E-state index in [2.05, 4.69) is 102 Å². The number of halogens is 2. The molecule has 1 atom stereocenters. The number of aryl methyl sites for hydroxylation is 4. The van der Waals surface area contributed by atoms with Crippen LogP contribution in [0.3, 0.4) is 0 Å². The van der Waals surface area contributed by atoms with Crippen LogP contribution in [0, 0.1) is 13.8 Å². The molecule has 4 aromatic carbocycles. The molecule has 0 saturated heterocycles. The fourth-order valence-corrected chi connectivity index (χ4v) is 6.87. The number of fused-ring (bicyclic) bond motifs is 2. The Labute approximate surface area is 297 Å². The van der Waals surface area contributed by atoms with Crippen molar-refractivity contribution in [3.63, 3.8) is 0 Å². The van der Waals surface area contributed by atoms with Gasteiger partial charge in [-0.1, -0.05) is 109 Å². The van der Waals surface area contributed by atoms with Gasteiger partial charge in [-0.3, -0.25) is 9.36 Å². The van der Waals surface area contributed by atoms with E-state index in [0.717, 1.165) is 71.3 Å². The molecule has 8 nitrogen and oxygen atoms in total. The van der Waals surface area contributed by atoms with E-state index < -0.39 is 5.60 Å². The van der Waals surface area contributed by atoms with Crippen molar-refractivity contribution in [3.8, 4) is 0 Å². The molecule has 1 unspecified atom stereocenters. The maximum atomic E-state index is 8.51. The third-order valence-corrected chi connectivity index (χ3v) is 9.51. The fourth-order valence-electron chi connectivity index (χ4n) is 5.91. The largest absolute Gasteiger partial charge is 0.411 e. The molecular weight excluding hydrogens is 732 g/mol. The summed E-state index contributed by atoms with van der Waals surface area (Å²) in [6.07, 6.45) is 2.16. The summed E-state index contributed by atoms with van der Waals surface area (Å²) < 4.78 is 5.86. The molecule has 7 rings (SSSR count). The molecule has 0 spiro atoms. The number of hydrogen-bond acceptors (Lipinski definition) is 6. The Morgan fingerprint density at radius 3 is 1.96 bits per heavy atom. The maximum Gasteiger partial charge on any atom is 0.181 e. The van der Waals surface area contributed by atoms with E-state index in [-0.39, 0.29) is 0 Å². The predicted molar refractivity (Wildman–Crippen MR) is 203 cm³/mol. The summed E-state index contributed by atoms with van der Waals surface area (Å²) in [7, 11) is 3.88. The van der Waals surface area contributed by atoms with Gasteiger partial charge in [-0.25, -0.2) is 0 Å². The molecule has 0 amide bonds. The van der Waals surface area contributed by atoms with Crippen molar-refractivity contribution in [1.82, 2.24) is 19.6 Å². The van der Waals surface area contributed by atoms with E-state index >= 15 is 0 Å². The molecule has 0 fully saturated rings. The van der Waals surface area contributed by atoms with Crippen molar-refractivity contribution in [3.05, 3.63) is 134 Å². The lowest BCUT2D eigenvalue weighted by atomic mass is 9.90. The standard InChI is InChI=1S/C19H18BrN3O.C11H8BrNO.C8H12N2/c1-12-10-18(23(3)21-12)19(2)11-17(22-24-19)15-8-9-16(20)14-7-5-4-6-13(14)15;12-11-6-5-8(7-13-14)9-3-1-2-4-10(9)11;1-6(2)8-5-7(3)9-10(8)4/h4-10H,11H2,1-3H3;1-7,14H;5H,1H2,2-4H3/b;13-7+;. The van der Waals surface area contributed by atoms with Gasteiger partial charge >= 0.3 is 0 Å². The highest BCUT2D eigenvalue weighted by Gasteiger charge is 2.39. The fraction of sp³-hybridized carbons (Fsp3) is 0.211. The molecule has 0 saturated carbocycles. The highest BCUT2D eigenvalue weighted by molar-refractivity contribution is 9.11. The van der Waals surface area contributed by atoms with Crippen LogP contribution in [0.25, 0.3) is 27.1 Å². The second-order valence-corrected chi connectivity index (χ2v) is 13.7. The van der Waals surface area contributed by atoms with Gasteiger partial charge < -0.3 is 10.0 Å². The van der Waals surface area contributed by atoms with Crippen molar-refractivity contribution in [2.75, 3.05) is 0 Å². The molecular formula is C38H38Br2N6O2. The summed E-state index contributed by atoms with van der Waals surface area (Å²) in [5, 5.41) is 29.2. The number of oxime groups is 2. The lowest BCUT2D eigenvalue weighted by Crippen LogP contribution is -2.25. The number of allylic oxidation sites excluding steroid dienone is 1. The Morgan fingerprint density at radius 1 is 0.854 bits per heavy atom. The van der Waals surface area contributed by atoms with Gasteiger partial charge in [0.15, 0.2) is 5.60 Å². The van der Waals surface area contributed by atoms with Crippen molar-refractivity contribution in [1.29, 1.82) is 0 Å². The third kappa shape index (κ3) is 7.45. The first-order valence-electron chi connectivity index (χ1n) is 15.4. The van der Waals surface area contributed by atoms with E-state index in [1.54, 1.807) is 0 Å². The van der Waals surface area contributed by atoms with E-state index in [4.69, 9.17) is 10.0 Å². The molecule has 0 bridgehead atoms. The van der Waals surface area contributed by atoms with Crippen molar-refractivity contribution >= 4 is 70.9 Å². The minimum absolute atomic E-state index is 0.487. The zero-order valence-electron chi connectivity index (χ0n) is 27.9. The lowest BCUT2D eigenvalue weighted by molar-refractivity contribution is -0.0135. The van der Waals surface area contributed by atoms with Gasteiger partial charge in [0.05, 0.1) is 34.7 Å². The molecule has 1 aliphatic heterocycles. The zero-order valence-corrected chi connectivity index (χ0v) is 31.0. The molecule has 1 aliphatic rings. The minimum Gasteiger partial charge on any atom is -0.411 e. The van der Waals surface area contributed by atoms with Crippen LogP contribution < -0.4 is 0 Å². The highest BCUT2D eigenvalue weighted by Crippen LogP contribution is 2.38. The van der Waals surface area contributed by atoms with Crippen molar-refractivity contribution in [2.24, 2.45) is 24.4 Å². The minimum atomic E-state index is -0.487. The average Bonchev–Trinajstić information content (AvgIpc) is 3.75. The molecule has 1 N–H and O–H groups in total. The normalized spacial score (nSPS) is 15.5. The van der Waals surface area contributed by atoms with Crippen LogP contribution >= 0.6 is 31.9 Å². The second kappa shape index (κ2) is 14.7. The summed E-state index contributed by atoms with van der Waals surface area (Å²) in [6.45, 7) is 11.9. The van der Waals surface area contributed by atoms with Gasteiger partial charge in [-0.15, -0.1) is 0 Å². The first-order chi connectivity index (χ1) is 22.9. The SMILES string of the molecule is C=C(C)c1cc(C)nn1C.Cc1cc(C2(C)CC(c3ccc(Br)c4ccccc34)=NO2)n(C)n1.O/N=C/c1ccc(Br)c2ccccc12. The van der Waals surface area contributed by atoms with Crippen molar-refractivity contribution in [2.45, 2.75) is 39.7 Å². The summed E-state index contributed by atoms with van der Waals surface area (Å²) in [5.41, 5.74) is 7.75. The van der Waals surface area contributed by atoms with Crippen molar-refractivity contribution < 1.29 is 10.0 Å². The summed E-state index contributed by atoms with van der Waals surface area (Å²) in [6, 6.07) is 28.4. The summed E-state index contributed by atoms with van der Waals surface area (Å²) in [5.74, 6) is 0. The van der Waals surface area contributed by atoms with Crippen LogP contribution in [-0.4, -0.2) is 36.7 Å². The van der Waals surface area contributed by atoms with Gasteiger partial charge in [0.25, 0.3) is 0 Å². The first-order valence-corrected chi connectivity index (χ1v) is 17.0.